The zero-order valence-electron chi connectivity index (χ0n) is 15.1. The molecule has 0 aliphatic rings. The van der Waals surface area contributed by atoms with Crippen molar-refractivity contribution in [2.75, 3.05) is 5.32 Å². The molecule has 0 saturated carbocycles. The van der Waals surface area contributed by atoms with Gasteiger partial charge in [0.15, 0.2) is 0 Å². The fourth-order valence-electron chi connectivity index (χ4n) is 3.06. The zero-order valence-corrected chi connectivity index (χ0v) is 16.1. The lowest BCUT2D eigenvalue weighted by Crippen LogP contribution is -2.54. The van der Waals surface area contributed by atoms with Crippen molar-refractivity contribution in [3.63, 3.8) is 0 Å². The highest BCUT2D eigenvalue weighted by Gasteiger charge is 2.28. The van der Waals surface area contributed by atoms with E-state index in [4.69, 9.17) is 0 Å². The van der Waals surface area contributed by atoms with Gasteiger partial charge >= 0.3 is 0 Å². The third kappa shape index (κ3) is 4.01. The van der Waals surface area contributed by atoms with Crippen molar-refractivity contribution in [1.29, 1.82) is 0 Å². The molecule has 0 bridgehead atoms. The van der Waals surface area contributed by atoms with Crippen LogP contribution in [0.5, 0.6) is 0 Å². The molecule has 3 aromatic rings. The van der Waals surface area contributed by atoms with Crippen molar-refractivity contribution in [3.8, 4) is 0 Å². The summed E-state index contributed by atoms with van der Waals surface area (Å²) in [5.74, 6) is -0.0927. The number of aryl methyl sites for hydroxylation is 1. The van der Waals surface area contributed by atoms with Crippen LogP contribution in [0.15, 0.2) is 96.7 Å². The van der Waals surface area contributed by atoms with Gasteiger partial charge < -0.3 is 5.32 Å². The summed E-state index contributed by atoms with van der Waals surface area (Å²) in [4.78, 5) is 12.5. The first-order valence-electron chi connectivity index (χ1n) is 8.76. The number of hydrogen-bond acceptors (Lipinski definition) is 1. The smallest absolute Gasteiger partial charge is 0.247 e. The monoisotopic (exact) mass is 357 g/mol. The van der Waals surface area contributed by atoms with Crippen molar-refractivity contribution in [3.05, 3.63) is 102 Å². The van der Waals surface area contributed by atoms with Gasteiger partial charge in [0, 0.05) is 5.69 Å². The van der Waals surface area contributed by atoms with Crippen LogP contribution >= 0.6 is 0 Å². The molecule has 1 amide bonds. The van der Waals surface area contributed by atoms with Crippen LogP contribution in [-0.2, 0) is 4.79 Å². The molecule has 0 radical (unpaired) electrons. The number of carbonyl (C=O) groups excluding carboxylic acids is 1. The van der Waals surface area contributed by atoms with Gasteiger partial charge in [-0.1, -0.05) is 101 Å². The number of nitrogens with one attached hydrogen (secondary N) is 1. The topological polar surface area (TPSA) is 29.1 Å². The summed E-state index contributed by atoms with van der Waals surface area (Å²) in [5.41, 5.74) is 4.02. The Morgan fingerprint density at radius 3 is 1.85 bits per heavy atom. The molecule has 0 fully saturated rings. The summed E-state index contributed by atoms with van der Waals surface area (Å²) in [5, 5.41) is 5.55. The van der Waals surface area contributed by atoms with Crippen LogP contribution < -0.4 is 15.7 Å². The van der Waals surface area contributed by atoms with E-state index in [1.54, 1.807) is 6.08 Å². The van der Waals surface area contributed by atoms with Crippen LogP contribution in [0.25, 0.3) is 0 Å². The second-order valence-electron chi connectivity index (χ2n) is 6.57. The summed E-state index contributed by atoms with van der Waals surface area (Å²) < 4.78 is 0. The van der Waals surface area contributed by atoms with Gasteiger partial charge in [0.05, 0.1) is 0 Å². The van der Waals surface area contributed by atoms with Crippen molar-refractivity contribution in [2.24, 2.45) is 0 Å². The summed E-state index contributed by atoms with van der Waals surface area (Å²) >= 11 is 0. The molecule has 2 nitrogen and oxygen atoms in total. The molecule has 0 atom stereocenters. The van der Waals surface area contributed by atoms with Gasteiger partial charge in [-0.3, -0.25) is 4.79 Å². The Hall–Kier alpha value is -2.91. The van der Waals surface area contributed by atoms with E-state index < -0.39 is 8.07 Å². The molecule has 0 unspecified atom stereocenters. The highest BCUT2D eigenvalue weighted by molar-refractivity contribution is 7.05. The van der Waals surface area contributed by atoms with E-state index in [0.29, 0.717) is 0 Å². The molecule has 0 saturated heterocycles. The Kier molecular flexibility index (Phi) is 5.49. The molecule has 0 aliphatic carbocycles. The summed E-state index contributed by atoms with van der Waals surface area (Å²) in [6.45, 7) is 4.27. The van der Waals surface area contributed by atoms with Gasteiger partial charge in [-0.25, -0.2) is 0 Å². The second kappa shape index (κ2) is 7.98. The van der Waals surface area contributed by atoms with Gasteiger partial charge in [-0.15, -0.1) is 0 Å². The average Bonchev–Trinajstić information content (AvgIpc) is 2.69. The number of hydrogen-bond donors (Lipinski definition) is 1. The zero-order chi connectivity index (χ0) is 18.4. The van der Waals surface area contributed by atoms with E-state index in [1.807, 2.05) is 43.3 Å². The number of benzene rings is 3. The number of anilines is 1. The van der Waals surface area contributed by atoms with E-state index in [0.717, 1.165) is 11.3 Å². The standard InChI is InChI=1S/C23H23NOSi/c1-19-11-9-10-16-22(19)24-23(25)17-18-26(2,20-12-5-3-6-13-20)21-14-7-4-8-15-21/h3-18H,1-2H3,(H,24,25). The Morgan fingerprint density at radius 1 is 0.808 bits per heavy atom. The van der Waals surface area contributed by atoms with Crippen molar-refractivity contribution < 1.29 is 4.79 Å². The first-order chi connectivity index (χ1) is 12.6. The van der Waals surface area contributed by atoms with E-state index in [-0.39, 0.29) is 5.91 Å². The maximum absolute atomic E-state index is 12.5. The number of para-hydroxylation sites is 1. The summed E-state index contributed by atoms with van der Waals surface area (Å²) in [7, 11) is -2.14. The second-order valence-corrected chi connectivity index (χ2v) is 10.5. The molecule has 1 N–H and O–H groups in total. The van der Waals surface area contributed by atoms with Gasteiger partial charge in [-0.05, 0) is 24.6 Å². The molecular formula is C23H23NOSi. The van der Waals surface area contributed by atoms with Crippen LogP contribution in [0, 0.1) is 6.92 Å². The average molecular weight is 358 g/mol. The number of rotatable bonds is 5. The van der Waals surface area contributed by atoms with Crippen LogP contribution in [0.1, 0.15) is 5.56 Å². The minimum Gasteiger partial charge on any atom is -0.322 e. The van der Waals surface area contributed by atoms with Crippen LogP contribution in [0.3, 0.4) is 0 Å². The molecular weight excluding hydrogens is 334 g/mol. The lowest BCUT2D eigenvalue weighted by Gasteiger charge is -2.25. The maximum atomic E-state index is 12.5. The van der Waals surface area contributed by atoms with Crippen LogP contribution in [0.2, 0.25) is 6.55 Å². The van der Waals surface area contributed by atoms with Gasteiger partial charge in [-0.2, -0.15) is 0 Å². The quantitative estimate of drug-likeness (QED) is 0.544. The highest BCUT2D eigenvalue weighted by Crippen LogP contribution is 2.13. The molecule has 26 heavy (non-hydrogen) atoms. The molecule has 130 valence electrons. The Balaban J connectivity index is 1.90. The molecule has 3 aromatic carbocycles. The van der Waals surface area contributed by atoms with Crippen molar-refractivity contribution in [1.82, 2.24) is 0 Å². The largest absolute Gasteiger partial charge is 0.322 e. The number of carbonyl (C=O) groups is 1. The first kappa shape index (κ1) is 17.9. The predicted octanol–water partition coefficient (Wildman–Crippen LogP) is 3.92. The molecule has 3 rings (SSSR count). The van der Waals surface area contributed by atoms with E-state index in [2.05, 4.69) is 66.1 Å². The fraction of sp³-hybridized carbons (Fsp3) is 0.0870. The van der Waals surface area contributed by atoms with E-state index in [9.17, 15) is 4.79 Å². The predicted molar refractivity (Wildman–Crippen MR) is 113 cm³/mol. The lowest BCUT2D eigenvalue weighted by molar-refractivity contribution is -0.111. The normalized spacial score (nSPS) is 11.5. The number of amides is 1. The Bertz CT molecular complexity index is 864. The third-order valence-electron chi connectivity index (χ3n) is 4.72. The molecule has 0 aromatic heterocycles. The minimum atomic E-state index is -2.14. The van der Waals surface area contributed by atoms with E-state index in [1.165, 1.54) is 10.4 Å². The molecule has 0 spiro atoms. The van der Waals surface area contributed by atoms with Crippen LogP contribution in [-0.4, -0.2) is 14.0 Å². The SMILES string of the molecule is Cc1ccccc1NC(=O)C=C[Si](C)(c1ccccc1)c1ccccc1. The van der Waals surface area contributed by atoms with E-state index >= 15 is 0 Å². The summed E-state index contributed by atoms with van der Waals surface area (Å²) in [6, 6.07) is 28.7. The van der Waals surface area contributed by atoms with Crippen molar-refractivity contribution in [2.45, 2.75) is 13.5 Å². The minimum absolute atomic E-state index is 0.0927. The fourth-order valence-corrected chi connectivity index (χ4v) is 6.03. The molecule has 0 aliphatic heterocycles. The van der Waals surface area contributed by atoms with Crippen LogP contribution in [0.4, 0.5) is 5.69 Å². The van der Waals surface area contributed by atoms with Gasteiger partial charge in [0.1, 0.15) is 8.07 Å². The maximum Gasteiger partial charge on any atom is 0.247 e. The highest BCUT2D eigenvalue weighted by atomic mass is 28.3. The first-order valence-corrected chi connectivity index (χ1v) is 11.3. The molecule has 0 heterocycles. The van der Waals surface area contributed by atoms with Gasteiger partial charge in [0.25, 0.3) is 0 Å². The summed E-state index contributed by atoms with van der Waals surface area (Å²) in [6.07, 6.45) is 1.69. The molecule has 3 heteroatoms. The Labute approximate surface area is 156 Å². The third-order valence-corrected chi connectivity index (χ3v) is 8.62. The van der Waals surface area contributed by atoms with Crippen molar-refractivity contribution >= 4 is 30.0 Å². The Morgan fingerprint density at radius 2 is 1.31 bits per heavy atom. The van der Waals surface area contributed by atoms with Gasteiger partial charge in [0.2, 0.25) is 5.91 Å². The lowest BCUT2D eigenvalue weighted by atomic mass is 10.2.